The Bertz CT molecular complexity index is 564. The molecule has 1 aromatic carbocycles. The Kier molecular flexibility index (Phi) is 7.33. The summed E-state index contributed by atoms with van der Waals surface area (Å²) in [5, 5.41) is 3.65. The maximum atomic E-state index is 12.8. The lowest BCUT2D eigenvalue weighted by Gasteiger charge is -2.30. The second-order valence-electron chi connectivity index (χ2n) is 7.09. The number of halogens is 1. The molecule has 1 amide bonds. The van der Waals surface area contributed by atoms with Crippen molar-refractivity contribution in [3.63, 3.8) is 0 Å². The number of fused-ring (bicyclic) bond motifs is 2. The van der Waals surface area contributed by atoms with E-state index in [1.54, 1.807) is 7.11 Å². The first kappa shape index (κ1) is 19.8. The third-order valence-electron chi connectivity index (χ3n) is 5.27. The standard InChI is InChI=1S/C20H28N2O2.ClH/c1-3-10-22(14-15-4-8-19(24-2)9-5-15)20(23)13-16-11-17-6-7-18(12-16)21-17;/h3-5,8-9,16-18,21H,1,6-7,10-14H2,2H3;1H. The molecule has 0 aliphatic carbocycles. The molecule has 25 heavy (non-hydrogen) atoms. The molecule has 2 fully saturated rings. The molecule has 2 saturated heterocycles. The number of carbonyl (C=O) groups excluding carboxylic acids is 1. The lowest BCUT2D eigenvalue weighted by Crippen LogP contribution is -2.40. The summed E-state index contributed by atoms with van der Waals surface area (Å²) in [4.78, 5) is 14.7. The van der Waals surface area contributed by atoms with Gasteiger partial charge < -0.3 is 15.0 Å². The topological polar surface area (TPSA) is 41.6 Å². The van der Waals surface area contributed by atoms with Gasteiger partial charge in [-0.1, -0.05) is 18.2 Å². The minimum absolute atomic E-state index is 0. The summed E-state index contributed by atoms with van der Waals surface area (Å²) in [5.74, 6) is 1.61. The Morgan fingerprint density at radius 3 is 2.48 bits per heavy atom. The fourth-order valence-corrected chi connectivity index (χ4v) is 4.08. The summed E-state index contributed by atoms with van der Waals surface area (Å²) in [5.41, 5.74) is 1.12. The molecule has 3 rings (SSSR count). The van der Waals surface area contributed by atoms with Gasteiger partial charge in [0, 0.05) is 31.6 Å². The number of piperidine rings is 1. The van der Waals surface area contributed by atoms with E-state index in [1.165, 1.54) is 12.8 Å². The highest BCUT2D eigenvalue weighted by Crippen LogP contribution is 2.33. The van der Waals surface area contributed by atoms with Crippen LogP contribution in [-0.4, -0.2) is 36.5 Å². The molecule has 2 aliphatic heterocycles. The van der Waals surface area contributed by atoms with Gasteiger partial charge in [0.2, 0.25) is 5.91 Å². The van der Waals surface area contributed by atoms with Gasteiger partial charge in [0.05, 0.1) is 7.11 Å². The Hall–Kier alpha value is -1.52. The first-order chi connectivity index (χ1) is 11.7. The molecule has 1 aromatic rings. The molecule has 2 heterocycles. The Labute approximate surface area is 157 Å². The second kappa shape index (κ2) is 9.25. The quantitative estimate of drug-likeness (QED) is 0.752. The van der Waals surface area contributed by atoms with Crippen LogP contribution < -0.4 is 10.1 Å². The molecule has 2 atom stereocenters. The van der Waals surface area contributed by atoms with E-state index in [0.717, 1.165) is 24.2 Å². The van der Waals surface area contributed by atoms with Gasteiger partial charge in [-0.2, -0.15) is 0 Å². The van der Waals surface area contributed by atoms with Crippen molar-refractivity contribution in [2.24, 2.45) is 5.92 Å². The van der Waals surface area contributed by atoms with Crippen LogP contribution in [0.2, 0.25) is 0 Å². The molecule has 0 aromatic heterocycles. The zero-order valence-electron chi connectivity index (χ0n) is 14.9. The van der Waals surface area contributed by atoms with Crippen LogP contribution in [0.3, 0.4) is 0 Å². The van der Waals surface area contributed by atoms with Crippen LogP contribution in [-0.2, 0) is 11.3 Å². The normalized spacial score (nSPS) is 24.3. The summed E-state index contributed by atoms with van der Waals surface area (Å²) >= 11 is 0. The molecule has 5 heteroatoms. The number of nitrogens with zero attached hydrogens (tertiary/aromatic N) is 1. The zero-order chi connectivity index (χ0) is 16.9. The van der Waals surface area contributed by atoms with Crippen LogP contribution in [0, 0.1) is 5.92 Å². The highest BCUT2D eigenvalue weighted by molar-refractivity contribution is 5.85. The van der Waals surface area contributed by atoms with Crippen LogP contribution in [0.4, 0.5) is 0 Å². The molecule has 2 aliphatic rings. The first-order valence-electron chi connectivity index (χ1n) is 8.95. The summed E-state index contributed by atoms with van der Waals surface area (Å²) in [6.07, 6.45) is 7.32. The van der Waals surface area contributed by atoms with Gasteiger partial charge in [0.1, 0.15) is 5.75 Å². The average Bonchev–Trinajstić information content (AvgIpc) is 2.93. The third kappa shape index (κ3) is 5.23. The van der Waals surface area contributed by atoms with Gasteiger partial charge in [0.25, 0.3) is 0 Å². The molecular weight excluding hydrogens is 336 g/mol. The summed E-state index contributed by atoms with van der Waals surface area (Å²) in [7, 11) is 1.66. The Morgan fingerprint density at radius 2 is 1.92 bits per heavy atom. The van der Waals surface area contributed by atoms with Gasteiger partial charge >= 0.3 is 0 Å². The maximum Gasteiger partial charge on any atom is 0.223 e. The molecule has 1 N–H and O–H groups in total. The van der Waals surface area contributed by atoms with E-state index in [0.29, 0.717) is 37.5 Å². The molecule has 0 radical (unpaired) electrons. The van der Waals surface area contributed by atoms with E-state index in [-0.39, 0.29) is 18.3 Å². The van der Waals surface area contributed by atoms with Crippen LogP contribution >= 0.6 is 12.4 Å². The highest BCUT2D eigenvalue weighted by atomic mass is 35.5. The van der Waals surface area contributed by atoms with E-state index in [9.17, 15) is 4.79 Å². The number of benzene rings is 1. The number of hydrogen-bond donors (Lipinski definition) is 1. The number of carbonyl (C=O) groups is 1. The van der Waals surface area contributed by atoms with E-state index in [2.05, 4.69) is 11.9 Å². The van der Waals surface area contributed by atoms with Crippen molar-refractivity contribution in [2.75, 3.05) is 13.7 Å². The smallest absolute Gasteiger partial charge is 0.223 e. The van der Waals surface area contributed by atoms with E-state index in [1.807, 2.05) is 35.2 Å². The van der Waals surface area contributed by atoms with Crippen LogP contribution in [0.25, 0.3) is 0 Å². The number of amides is 1. The minimum Gasteiger partial charge on any atom is -0.497 e. The summed E-state index contributed by atoms with van der Waals surface area (Å²) in [6.45, 7) is 5.04. The van der Waals surface area contributed by atoms with E-state index >= 15 is 0 Å². The van der Waals surface area contributed by atoms with Gasteiger partial charge in [-0.25, -0.2) is 0 Å². The number of rotatable bonds is 7. The summed E-state index contributed by atoms with van der Waals surface area (Å²) < 4.78 is 5.19. The van der Waals surface area contributed by atoms with Gasteiger partial charge in [-0.05, 0) is 49.3 Å². The van der Waals surface area contributed by atoms with Crippen LogP contribution in [0.15, 0.2) is 36.9 Å². The molecule has 2 unspecified atom stereocenters. The molecule has 138 valence electrons. The van der Waals surface area contributed by atoms with Crippen molar-refractivity contribution < 1.29 is 9.53 Å². The first-order valence-corrected chi connectivity index (χ1v) is 8.95. The largest absolute Gasteiger partial charge is 0.497 e. The zero-order valence-corrected chi connectivity index (χ0v) is 15.8. The Morgan fingerprint density at radius 1 is 1.28 bits per heavy atom. The molecule has 0 spiro atoms. The number of methoxy groups -OCH3 is 1. The number of ether oxygens (including phenoxy) is 1. The van der Waals surface area contributed by atoms with Gasteiger partial charge in [-0.15, -0.1) is 19.0 Å². The fraction of sp³-hybridized carbons (Fsp3) is 0.550. The van der Waals surface area contributed by atoms with Crippen molar-refractivity contribution >= 4 is 18.3 Å². The lowest BCUT2D eigenvalue weighted by atomic mass is 9.89. The van der Waals surface area contributed by atoms with Crippen molar-refractivity contribution in [1.82, 2.24) is 10.2 Å². The molecule has 0 saturated carbocycles. The SMILES string of the molecule is C=CCN(Cc1ccc(OC)cc1)C(=O)CC1CC2CCC(C1)N2.Cl. The van der Waals surface area contributed by atoms with Crippen LogP contribution in [0.1, 0.15) is 37.7 Å². The predicted molar refractivity (Wildman–Crippen MR) is 103 cm³/mol. The average molecular weight is 365 g/mol. The third-order valence-corrected chi connectivity index (χ3v) is 5.27. The molecule has 2 bridgehead atoms. The minimum atomic E-state index is 0. The summed E-state index contributed by atoms with van der Waals surface area (Å²) in [6, 6.07) is 9.19. The second-order valence-corrected chi connectivity index (χ2v) is 7.09. The van der Waals surface area contributed by atoms with Crippen molar-refractivity contribution in [2.45, 2.75) is 50.7 Å². The van der Waals surface area contributed by atoms with Gasteiger partial charge in [-0.3, -0.25) is 4.79 Å². The van der Waals surface area contributed by atoms with Crippen LogP contribution in [0.5, 0.6) is 5.75 Å². The maximum absolute atomic E-state index is 12.8. The lowest BCUT2D eigenvalue weighted by molar-refractivity contribution is -0.132. The molecule has 4 nitrogen and oxygen atoms in total. The van der Waals surface area contributed by atoms with Crippen molar-refractivity contribution in [3.05, 3.63) is 42.5 Å². The van der Waals surface area contributed by atoms with E-state index < -0.39 is 0 Å². The molecular formula is C20H29ClN2O2. The highest BCUT2D eigenvalue weighted by Gasteiger charge is 2.34. The van der Waals surface area contributed by atoms with Crippen molar-refractivity contribution in [1.29, 1.82) is 0 Å². The predicted octanol–water partition coefficient (Wildman–Crippen LogP) is 3.55. The van der Waals surface area contributed by atoms with Gasteiger partial charge in [0.15, 0.2) is 0 Å². The van der Waals surface area contributed by atoms with E-state index in [4.69, 9.17) is 4.74 Å². The number of hydrogen-bond acceptors (Lipinski definition) is 3. The monoisotopic (exact) mass is 364 g/mol. The fourth-order valence-electron chi connectivity index (χ4n) is 4.08. The number of nitrogens with one attached hydrogen (secondary N) is 1. The van der Waals surface area contributed by atoms with Crippen molar-refractivity contribution in [3.8, 4) is 5.75 Å². The Balaban J connectivity index is 0.00000225.